The second kappa shape index (κ2) is 6.36. The Kier molecular flexibility index (Phi) is 4.68. The summed E-state index contributed by atoms with van der Waals surface area (Å²) >= 11 is 0. The van der Waals surface area contributed by atoms with Gasteiger partial charge in [0.15, 0.2) is 0 Å². The molecule has 124 valence electrons. The summed E-state index contributed by atoms with van der Waals surface area (Å²) in [5.41, 5.74) is -0.564. The number of ether oxygens (including phenoxy) is 1. The molecule has 0 unspecified atom stereocenters. The predicted octanol–water partition coefficient (Wildman–Crippen LogP) is 2.22. The first-order chi connectivity index (χ1) is 10.9. The third-order valence-corrected chi connectivity index (χ3v) is 4.26. The van der Waals surface area contributed by atoms with Gasteiger partial charge in [-0.3, -0.25) is 9.69 Å². The summed E-state index contributed by atoms with van der Waals surface area (Å²) in [6.07, 6.45) is 0.940. The number of imide groups is 1. The highest BCUT2D eigenvalue weighted by Gasteiger charge is 2.48. The predicted molar refractivity (Wildman–Crippen MR) is 80.1 cm³/mol. The molecule has 0 aliphatic carbocycles. The Morgan fingerprint density at radius 1 is 1.30 bits per heavy atom. The van der Waals surface area contributed by atoms with Gasteiger partial charge >= 0.3 is 12.0 Å². The summed E-state index contributed by atoms with van der Waals surface area (Å²) < 4.78 is 18.0. The van der Waals surface area contributed by atoms with E-state index in [0.29, 0.717) is 18.4 Å². The molecule has 6 nitrogen and oxygen atoms in total. The molecule has 1 aromatic rings. The number of nitrogens with one attached hydrogen (secondary N) is 1. The highest BCUT2D eigenvalue weighted by atomic mass is 19.1. The molecule has 0 atom stereocenters. The van der Waals surface area contributed by atoms with Crippen LogP contribution in [0.25, 0.3) is 0 Å². The largest absolute Gasteiger partial charge is 0.465 e. The van der Waals surface area contributed by atoms with Gasteiger partial charge < -0.3 is 10.1 Å². The highest BCUT2D eigenvalue weighted by Crippen LogP contribution is 2.27. The molecule has 7 heteroatoms. The third-order valence-electron chi connectivity index (χ3n) is 4.26. The van der Waals surface area contributed by atoms with E-state index in [0.717, 1.165) is 11.0 Å². The molecule has 1 heterocycles. The number of carbonyl (C=O) groups is 3. The van der Waals surface area contributed by atoms with Gasteiger partial charge in [-0.05, 0) is 30.5 Å². The number of carbonyl (C=O) groups excluding carboxylic acids is 3. The van der Waals surface area contributed by atoms with Crippen molar-refractivity contribution in [3.8, 4) is 0 Å². The minimum absolute atomic E-state index is 0.00130. The summed E-state index contributed by atoms with van der Waals surface area (Å²) in [5, 5.41) is 2.71. The lowest BCUT2D eigenvalue weighted by Gasteiger charge is -2.23. The molecule has 1 saturated heterocycles. The number of methoxy groups -OCH3 is 1. The molecular weight excluding hydrogens is 303 g/mol. The molecule has 0 bridgehead atoms. The van der Waals surface area contributed by atoms with E-state index in [1.807, 2.05) is 13.8 Å². The van der Waals surface area contributed by atoms with Crippen LogP contribution in [0.1, 0.15) is 42.6 Å². The van der Waals surface area contributed by atoms with Crippen molar-refractivity contribution >= 4 is 17.9 Å². The van der Waals surface area contributed by atoms with Crippen LogP contribution in [0.4, 0.5) is 9.18 Å². The van der Waals surface area contributed by atoms with Crippen LogP contribution in [0.5, 0.6) is 0 Å². The van der Waals surface area contributed by atoms with Crippen LogP contribution in [0, 0.1) is 5.82 Å². The monoisotopic (exact) mass is 322 g/mol. The Morgan fingerprint density at radius 3 is 2.48 bits per heavy atom. The number of rotatable bonds is 5. The Morgan fingerprint density at radius 2 is 1.96 bits per heavy atom. The molecule has 1 aromatic carbocycles. The van der Waals surface area contributed by atoms with Gasteiger partial charge in [0.1, 0.15) is 11.4 Å². The van der Waals surface area contributed by atoms with Crippen LogP contribution < -0.4 is 5.32 Å². The van der Waals surface area contributed by atoms with Crippen LogP contribution in [0.2, 0.25) is 0 Å². The van der Waals surface area contributed by atoms with Crippen molar-refractivity contribution in [2.45, 2.75) is 38.8 Å². The van der Waals surface area contributed by atoms with Crippen LogP contribution in [0.15, 0.2) is 18.2 Å². The molecule has 23 heavy (non-hydrogen) atoms. The number of hydrogen-bond donors (Lipinski definition) is 1. The fourth-order valence-electron chi connectivity index (χ4n) is 2.71. The van der Waals surface area contributed by atoms with Crippen molar-refractivity contribution in [3.63, 3.8) is 0 Å². The van der Waals surface area contributed by atoms with Crippen molar-refractivity contribution in [2.24, 2.45) is 0 Å². The first-order valence-corrected chi connectivity index (χ1v) is 7.39. The maximum absolute atomic E-state index is 13.4. The fraction of sp³-hybridized carbons (Fsp3) is 0.438. The Bertz CT molecular complexity index is 655. The number of halogens is 1. The average molecular weight is 322 g/mol. The van der Waals surface area contributed by atoms with Gasteiger partial charge in [-0.1, -0.05) is 19.9 Å². The van der Waals surface area contributed by atoms with Gasteiger partial charge in [-0.25, -0.2) is 14.0 Å². The fourth-order valence-corrected chi connectivity index (χ4v) is 2.71. The van der Waals surface area contributed by atoms with Crippen molar-refractivity contribution in [1.29, 1.82) is 0 Å². The molecular formula is C16H19FN2O4. The molecule has 0 aromatic heterocycles. The van der Waals surface area contributed by atoms with E-state index in [-0.39, 0.29) is 18.0 Å². The second-order valence-corrected chi connectivity index (χ2v) is 5.40. The number of esters is 1. The molecule has 1 fully saturated rings. The molecule has 0 saturated carbocycles. The average Bonchev–Trinajstić information content (AvgIpc) is 2.80. The second-order valence-electron chi connectivity index (χ2n) is 5.40. The molecule has 1 aliphatic heterocycles. The zero-order valence-corrected chi connectivity index (χ0v) is 13.3. The lowest BCUT2D eigenvalue weighted by molar-refractivity contribution is -0.132. The van der Waals surface area contributed by atoms with Crippen LogP contribution in [-0.4, -0.2) is 35.5 Å². The smallest absolute Gasteiger partial charge is 0.338 e. The lowest BCUT2D eigenvalue weighted by atomic mass is 9.93. The van der Waals surface area contributed by atoms with Gasteiger partial charge in [0, 0.05) is 0 Å². The van der Waals surface area contributed by atoms with E-state index < -0.39 is 23.4 Å². The van der Waals surface area contributed by atoms with E-state index in [4.69, 9.17) is 0 Å². The number of hydrogen-bond acceptors (Lipinski definition) is 4. The quantitative estimate of drug-likeness (QED) is 0.666. The van der Waals surface area contributed by atoms with Gasteiger partial charge in [0.25, 0.3) is 5.91 Å². The van der Waals surface area contributed by atoms with E-state index in [2.05, 4.69) is 10.1 Å². The standard InChI is InChI=1S/C16H19FN2O4/c1-4-16(5-2)14(21)19(15(22)18-16)9-10-6-7-11(17)8-12(10)13(20)23-3/h6-8H,4-5,9H2,1-3H3,(H,18,22). The topological polar surface area (TPSA) is 75.7 Å². The maximum atomic E-state index is 13.4. The van der Waals surface area contributed by atoms with Gasteiger partial charge in [-0.2, -0.15) is 0 Å². The number of nitrogens with zero attached hydrogens (tertiary/aromatic N) is 1. The number of benzene rings is 1. The van der Waals surface area contributed by atoms with Gasteiger partial charge in [-0.15, -0.1) is 0 Å². The summed E-state index contributed by atoms with van der Waals surface area (Å²) in [7, 11) is 1.18. The minimum Gasteiger partial charge on any atom is -0.465 e. The van der Waals surface area contributed by atoms with Crippen LogP contribution in [0.3, 0.4) is 0 Å². The van der Waals surface area contributed by atoms with Crippen molar-refractivity contribution in [3.05, 3.63) is 35.1 Å². The van der Waals surface area contributed by atoms with Crippen LogP contribution in [-0.2, 0) is 16.1 Å². The van der Waals surface area contributed by atoms with Gasteiger partial charge in [0.2, 0.25) is 0 Å². The SMILES string of the molecule is CCC1(CC)NC(=O)N(Cc2ccc(F)cc2C(=O)OC)C1=O. The molecule has 2 rings (SSSR count). The molecule has 3 amide bonds. The molecule has 1 aliphatic rings. The minimum atomic E-state index is -0.914. The van der Waals surface area contributed by atoms with E-state index in [1.165, 1.54) is 19.2 Å². The number of urea groups is 1. The summed E-state index contributed by atoms with van der Waals surface area (Å²) in [5.74, 6) is -1.65. The highest BCUT2D eigenvalue weighted by molar-refractivity contribution is 6.07. The summed E-state index contributed by atoms with van der Waals surface area (Å²) in [6, 6.07) is 3.07. The third kappa shape index (κ3) is 2.91. The van der Waals surface area contributed by atoms with E-state index in [1.54, 1.807) is 0 Å². The van der Waals surface area contributed by atoms with Crippen LogP contribution >= 0.6 is 0 Å². The lowest BCUT2D eigenvalue weighted by Crippen LogP contribution is -2.45. The Hall–Kier alpha value is -2.44. The number of amides is 3. The summed E-state index contributed by atoms with van der Waals surface area (Å²) in [4.78, 5) is 37.5. The zero-order chi connectivity index (χ0) is 17.2. The zero-order valence-electron chi connectivity index (χ0n) is 13.3. The molecule has 0 radical (unpaired) electrons. The van der Waals surface area contributed by atoms with E-state index >= 15 is 0 Å². The Balaban J connectivity index is 2.35. The van der Waals surface area contributed by atoms with Crippen molar-refractivity contribution in [1.82, 2.24) is 10.2 Å². The van der Waals surface area contributed by atoms with Crippen molar-refractivity contribution in [2.75, 3.05) is 7.11 Å². The van der Waals surface area contributed by atoms with Crippen molar-refractivity contribution < 1.29 is 23.5 Å². The Labute approximate surface area is 133 Å². The normalized spacial score (nSPS) is 16.4. The first-order valence-electron chi connectivity index (χ1n) is 7.39. The summed E-state index contributed by atoms with van der Waals surface area (Å²) in [6.45, 7) is 3.53. The maximum Gasteiger partial charge on any atom is 0.338 e. The first kappa shape index (κ1) is 16.9. The molecule has 0 spiro atoms. The van der Waals surface area contributed by atoms with Gasteiger partial charge in [0.05, 0.1) is 19.2 Å². The van der Waals surface area contributed by atoms with E-state index in [9.17, 15) is 18.8 Å². The molecule has 1 N–H and O–H groups in total.